The van der Waals surface area contributed by atoms with E-state index in [1.807, 2.05) is 103 Å². The van der Waals surface area contributed by atoms with Crippen LogP contribution in [0.4, 0.5) is 0 Å². The van der Waals surface area contributed by atoms with Crippen molar-refractivity contribution in [3.8, 4) is 0 Å². The molecule has 3 aromatic heterocycles. The number of fused-ring (bicyclic) bond motifs is 8. The van der Waals surface area contributed by atoms with Crippen molar-refractivity contribution >= 4 is 46.4 Å². The van der Waals surface area contributed by atoms with Crippen LogP contribution in [-0.4, -0.2) is 19.9 Å². The fraction of sp³-hybridized carbons (Fsp3) is 0. The summed E-state index contributed by atoms with van der Waals surface area (Å²) < 4.78 is 0. The second kappa shape index (κ2) is 13.0. The zero-order chi connectivity index (χ0) is 24.4. The van der Waals surface area contributed by atoms with Gasteiger partial charge in [0.1, 0.15) is 0 Å². The van der Waals surface area contributed by atoms with Crippen molar-refractivity contribution in [3.05, 3.63) is 144 Å². The van der Waals surface area contributed by atoms with Crippen molar-refractivity contribution in [3.63, 3.8) is 0 Å². The zero-order valence-electron chi connectivity index (χ0n) is 19.9. The Kier molecular flexibility index (Phi) is 9.01. The molecule has 4 nitrogen and oxygen atoms in total. The van der Waals surface area contributed by atoms with Gasteiger partial charge in [0, 0.05) is 22.1 Å². The molecule has 5 heterocycles. The predicted octanol–water partition coefficient (Wildman–Crippen LogP) is 7.63. The summed E-state index contributed by atoms with van der Waals surface area (Å²) in [5.74, 6) is 0. The van der Waals surface area contributed by atoms with Crippen LogP contribution in [0.25, 0.3) is 46.4 Å². The number of aromatic amines is 2. The van der Waals surface area contributed by atoms with Gasteiger partial charge in [-0.2, -0.15) is 72.8 Å². The quantitative estimate of drug-likeness (QED) is 0.159. The molecule has 2 aliphatic heterocycles. The van der Waals surface area contributed by atoms with Crippen LogP contribution < -0.4 is 0 Å². The molecule has 0 fully saturated rings. The topological polar surface area (TPSA) is 57.4 Å². The minimum absolute atomic E-state index is 0. The van der Waals surface area contributed by atoms with E-state index < -0.39 is 0 Å². The van der Waals surface area contributed by atoms with Crippen molar-refractivity contribution < 1.29 is 16.5 Å². The van der Waals surface area contributed by atoms with E-state index in [0.717, 1.165) is 44.8 Å². The average molecular weight is 523 g/mol. The van der Waals surface area contributed by atoms with Crippen LogP contribution in [-0.2, 0) is 16.5 Å². The van der Waals surface area contributed by atoms with Gasteiger partial charge in [0.15, 0.2) is 0 Å². The SMILES string of the molecule is C1=Cc2cc3ccc(cc4ccc(cc5nc(cc1n2)C=C5)[nH]4)[nH]3.[Ni+2].[c-]1ccccc1.[c-]1ccccc1. The van der Waals surface area contributed by atoms with Gasteiger partial charge in [-0.15, -0.1) is 0 Å². The molecule has 0 atom stereocenters. The molecular formula is C32H24N4Ni. The van der Waals surface area contributed by atoms with E-state index in [1.54, 1.807) is 0 Å². The maximum absolute atomic E-state index is 4.62. The van der Waals surface area contributed by atoms with Gasteiger partial charge in [-0.1, -0.05) is 0 Å². The smallest absolute Gasteiger partial charge is 0.355 e. The summed E-state index contributed by atoms with van der Waals surface area (Å²) in [7, 11) is 0. The van der Waals surface area contributed by atoms with Crippen molar-refractivity contribution in [2.24, 2.45) is 0 Å². The second-order valence-electron chi connectivity index (χ2n) is 8.06. The van der Waals surface area contributed by atoms with E-state index in [1.165, 1.54) is 0 Å². The summed E-state index contributed by atoms with van der Waals surface area (Å²) in [5, 5.41) is 0. The molecule has 5 heteroatoms. The fourth-order valence-electron chi connectivity index (χ4n) is 3.63. The number of hydrogen-bond acceptors (Lipinski definition) is 2. The Hall–Kier alpha value is -4.47. The Morgan fingerprint density at radius 2 is 0.784 bits per heavy atom. The Morgan fingerprint density at radius 3 is 1.11 bits per heavy atom. The maximum Gasteiger partial charge on any atom is 2.00 e. The van der Waals surface area contributed by atoms with Gasteiger partial charge in [0.2, 0.25) is 0 Å². The Morgan fingerprint density at radius 1 is 0.432 bits per heavy atom. The minimum atomic E-state index is 0. The first-order chi connectivity index (χ1) is 17.8. The molecule has 0 saturated heterocycles. The molecule has 7 rings (SSSR count). The van der Waals surface area contributed by atoms with Crippen LogP contribution in [0.5, 0.6) is 0 Å². The zero-order valence-corrected chi connectivity index (χ0v) is 20.9. The third kappa shape index (κ3) is 7.76. The van der Waals surface area contributed by atoms with Crippen LogP contribution in [0.3, 0.4) is 0 Å². The monoisotopic (exact) mass is 522 g/mol. The summed E-state index contributed by atoms with van der Waals surface area (Å²) in [4.78, 5) is 16.0. The molecule has 0 aliphatic carbocycles. The van der Waals surface area contributed by atoms with Gasteiger partial charge >= 0.3 is 16.5 Å². The van der Waals surface area contributed by atoms with E-state index in [0.29, 0.717) is 0 Å². The van der Waals surface area contributed by atoms with E-state index in [2.05, 4.69) is 62.4 Å². The molecule has 37 heavy (non-hydrogen) atoms. The van der Waals surface area contributed by atoms with E-state index in [-0.39, 0.29) is 16.5 Å². The van der Waals surface area contributed by atoms with Crippen molar-refractivity contribution in [1.29, 1.82) is 0 Å². The van der Waals surface area contributed by atoms with Gasteiger partial charge in [0.25, 0.3) is 0 Å². The Labute approximate surface area is 226 Å². The van der Waals surface area contributed by atoms with Crippen LogP contribution in [0.2, 0.25) is 0 Å². The molecule has 5 aromatic rings. The molecule has 2 N–H and O–H groups in total. The number of rotatable bonds is 0. The molecular weight excluding hydrogens is 499 g/mol. The third-order valence-corrected chi connectivity index (χ3v) is 5.26. The van der Waals surface area contributed by atoms with Crippen LogP contribution in [0.15, 0.2) is 109 Å². The van der Waals surface area contributed by atoms with Crippen LogP contribution in [0, 0.1) is 12.1 Å². The fourth-order valence-corrected chi connectivity index (χ4v) is 3.63. The first kappa shape index (κ1) is 25.6. The van der Waals surface area contributed by atoms with E-state index in [9.17, 15) is 0 Å². The van der Waals surface area contributed by atoms with Crippen molar-refractivity contribution in [2.75, 3.05) is 0 Å². The molecule has 0 amide bonds. The first-order valence-electron chi connectivity index (χ1n) is 11.7. The number of H-pyrrole nitrogens is 2. The number of nitrogens with zero attached hydrogens (tertiary/aromatic N) is 2. The molecule has 0 spiro atoms. The van der Waals surface area contributed by atoms with Gasteiger partial charge in [-0.3, -0.25) is 0 Å². The molecule has 0 unspecified atom stereocenters. The summed E-state index contributed by atoms with van der Waals surface area (Å²) in [5.41, 5.74) is 7.86. The summed E-state index contributed by atoms with van der Waals surface area (Å²) in [6.45, 7) is 0. The number of hydrogen-bond donors (Lipinski definition) is 2. The van der Waals surface area contributed by atoms with Crippen LogP contribution >= 0.6 is 0 Å². The predicted molar refractivity (Wildman–Crippen MR) is 149 cm³/mol. The summed E-state index contributed by atoms with van der Waals surface area (Å²) >= 11 is 0. The van der Waals surface area contributed by atoms with E-state index >= 15 is 0 Å². The van der Waals surface area contributed by atoms with Gasteiger partial charge in [-0.05, 0) is 72.8 Å². The minimum Gasteiger partial charge on any atom is -0.355 e. The van der Waals surface area contributed by atoms with Gasteiger partial charge in [-0.25, -0.2) is 9.97 Å². The average Bonchev–Trinajstić information content (AvgIpc) is 3.74. The van der Waals surface area contributed by atoms with Crippen molar-refractivity contribution in [1.82, 2.24) is 19.9 Å². The maximum atomic E-state index is 4.62. The number of nitrogens with one attached hydrogen (secondary N) is 2. The standard InChI is InChI=1S/C20H14N4.2C6H5.Ni/c1-2-14-10-16-5-6-18(23-16)12-20-8-7-19(24-20)11-17-4-3-15(22-17)9-13(1)21-14;2*1-2-4-6-5-3-1;/h1-12,21-22H;2*1-5H;/q;2*-1;+2. The summed E-state index contributed by atoms with van der Waals surface area (Å²) in [6.07, 6.45) is 8.05. The third-order valence-electron chi connectivity index (χ3n) is 5.26. The first-order valence-corrected chi connectivity index (χ1v) is 11.7. The molecule has 2 aromatic carbocycles. The molecule has 8 bridgehead atoms. The Bertz CT molecular complexity index is 1460. The van der Waals surface area contributed by atoms with Crippen molar-refractivity contribution in [2.45, 2.75) is 0 Å². The Balaban J connectivity index is 0.000000203. The number of benzene rings is 2. The normalized spacial score (nSPS) is 10.8. The molecule has 0 radical (unpaired) electrons. The number of aromatic nitrogens is 4. The van der Waals surface area contributed by atoms with E-state index in [4.69, 9.17) is 0 Å². The van der Waals surface area contributed by atoms with Crippen LogP contribution in [0.1, 0.15) is 22.8 Å². The van der Waals surface area contributed by atoms with Gasteiger partial charge in [0.05, 0.1) is 22.8 Å². The summed E-state index contributed by atoms with van der Waals surface area (Å²) in [6, 6.07) is 41.4. The molecule has 2 aliphatic rings. The van der Waals surface area contributed by atoms with Gasteiger partial charge < -0.3 is 9.97 Å². The largest absolute Gasteiger partial charge is 2.00 e. The second-order valence-corrected chi connectivity index (χ2v) is 8.06. The molecule has 182 valence electrons. The molecule has 0 saturated carbocycles.